The van der Waals surface area contributed by atoms with Gasteiger partial charge in [0.1, 0.15) is 35.0 Å². The Morgan fingerprint density at radius 2 is 1.84 bits per heavy atom. The Labute approximate surface area is 218 Å². The zero-order valence-corrected chi connectivity index (χ0v) is 21.4. The van der Waals surface area contributed by atoms with Gasteiger partial charge in [0.25, 0.3) is 0 Å². The number of fused-ring (bicyclic) bond motifs is 3. The zero-order valence-electron chi connectivity index (χ0n) is 21.4. The SMILES string of the molecule is C[C@H]1Cc2c([nH]c3ccc(F)cc23)[C@H](c2c(F)cc(OC3CN(CCCF)C3)cc2F)N1C[C@](C)(F)CO. The van der Waals surface area contributed by atoms with Crippen LogP contribution in [-0.2, 0) is 6.42 Å². The molecule has 2 aromatic carbocycles. The zero-order chi connectivity index (χ0) is 27.2. The normalized spacial score (nSPS) is 22.3. The van der Waals surface area contributed by atoms with Crippen molar-refractivity contribution in [2.24, 2.45) is 0 Å². The third-order valence-electron chi connectivity index (χ3n) is 7.57. The van der Waals surface area contributed by atoms with E-state index in [0.29, 0.717) is 49.1 Å². The fraction of sp³-hybridized carbons (Fsp3) is 0.500. The van der Waals surface area contributed by atoms with Crippen molar-refractivity contribution in [3.63, 3.8) is 0 Å². The van der Waals surface area contributed by atoms with Crippen molar-refractivity contribution in [1.82, 2.24) is 14.8 Å². The van der Waals surface area contributed by atoms with Crippen molar-refractivity contribution in [1.29, 1.82) is 0 Å². The minimum Gasteiger partial charge on any atom is -0.488 e. The third kappa shape index (κ3) is 5.13. The molecule has 10 heteroatoms. The molecule has 0 amide bonds. The Kier molecular flexibility index (Phi) is 7.41. The first kappa shape index (κ1) is 26.9. The monoisotopic (exact) mass is 537 g/mol. The lowest BCUT2D eigenvalue weighted by Crippen LogP contribution is -2.53. The van der Waals surface area contributed by atoms with E-state index in [0.717, 1.165) is 17.7 Å². The maximum atomic E-state index is 15.7. The van der Waals surface area contributed by atoms with Gasteiger partial charge in [-0.1, -0.05) is 0 Å². The van der Waals surface area contributed by atoms with E-state index >= 15 is 13.2 Å². The van der Waals surface area contributed by atoms with Gasteiger partial charge in [-0.3, -0.25) is 14.2 Å². The number of ether oxygens (including phenoxy) is 1. The number of hydrogen-bond acceptors (Lipinski definition) is 4. The highest BCUT2D eigenvalue weighted by molar-refractivity contribution is 5.85. The van der Waals surface area contributed by atoms with Crippen LogP contribution in [0.2, 0.25) is 0 Å². The number of benzene rings is 2. The van der Waals surface area contributed by atoms with Gasteiger partial charge in [-0.2, -0.15) is 0 Å². The van der Waals surface area contributed by atoms with Gasteiger partial charge in [-0.15, -0.1) is 0 Å². The Bertz CT molecular complexity index is 1280. The number of likely N-dealkylation sites (tertiary alicyclic amines) is 1. The predicted molar refractivity (Wildman–Crippen MR) is 134 cm³/mol. The number of aliphatic hydroxyl groups is 1. The summed E-state index contributed by atoms with van der Waals surface area (Å²) in [5.41, 5.74) is -0.491. The number of halogens is 5. The number of nitrogens with one attached hydrogen (secondary N) is 1. The van der Waals surface area contributed by atoms with Crippen LogP contribution >= 0.6 is 0 Å². The lowest BCUT2D eigenvalue weighted by molar-refractivity contribution is 0.0151. The summed E-state index contributed by atoms with van der Waals surface area (Å²) < 4.78 is 78.8. The van der Waals surface area contributed by atoms with Crippen molar-refractivity contribution in [2.45, 2.75) is 50.5 Å². The lowest BCUT2D eigenvalue weighted by Gasteiger charge is -2.43. The summed E-state index contributed by atoms with van der Waals surface area (Å²) in [6.07, 6.45) is 0.580. The van der Waals surface area contributed by atoms with E-state index in [1.165, 1.54) is 19.1 Å². The smallest absolute Gasteiger partial charge is 0.143 e. The van der Waals surface area contributed by atoms with Gasteiger partial charge in [0.15, 0.2) is 0 Å². The molecule has 38 heavy (non-hydrogen) atoms. The summed E-state index contributed by atoms with van der Waals surface area (Å²) in [4.78, 5) is 6.84. The van der Waals surface area contributed by atoms with Crippen LogP contribution in [0.3, 0.4) is 0 Å². The fourth-order valence-electron chi connectivity index (χ4n) is 5.66. The molecule has 1 aromatic heterocycles. The second kappa shape index (κ2) is 10.5. The van der Waals surface area contributed by atoms with Crippen LogP contribution in [-0.4, -0.2) is 77.2 Å². The number of hydrogen-bond donors (Lipinski definition) is 2. The second-order valence-corrected chi connectivity index (χ2v) is 10.7. The van der Waals surface area contributed by atoms with E-state index in [-0.39, 0.29) is 30.0 Å². The molecular weight excluding hydrogens is 505 g/mol. The molecule has 2 aliphatic rings. The summed E-state index contributed by atoms with van der Waals surface area (Å²) in [5.74, 6) is -2.09. The first-order chi connectivity index (χ1) is 18.1. The third-order valence-corrected chi connectivity index (χ3v) is 7.57. The average Bonchev–Trinajstić information content (AvgIpc) is 3.18. The van der Waals surface area contributed by atoms with Gasteiger partial charge in [0, 0.05) is 66.5 Å². The molecule has 0 saturated carbocycles. The molecule has 1 saturated heterocycles. The number of aliphatic hydroxyl groups excluding tert-OH is 1. The van der Waals surface area contributed by atoms with Crippen LogP contribution in [0.15, 0.2) is 30.3 Å². The van der Waals surface area contributed by atoms with E-state index in [2.05, 4.69) is 4.98 Å². The van der Waals surface area contributed by atoms with E-state index in [9.17, 15) is 13.9 Å². The topological polar surface area (TPSA) is 51.7 Å². The molecule has 0 radical (unpaired) electrons. The summed E-state index contributed by atoms with van der Waals surface area (Å²) in [7, 11) is 0. The van der Waals surface area contributed by atoms with Crippen LogP contribution in [0.1, 0.15) is 43.1 Å². The van der Waals surface area contributed by atoms with Crippen molar-refractivity contribution in [2.75, 3.05) is 39.5 Å². The summed E-state index contributed by atoms with van der Waals surface area (Å²) in [6, 6.07) is 5.11. The molecule has 0 unspecified atom stereocenters. The highest BCUT2D eigenvalue weighted by Gasteiger charge is 2.42. The second-order valence-electron chi connectivity index (χ2n) is 10.7. The van der Waals surface area contributed by atoms with Crippen molar-refractivity contribution >= 4 is 10.9 Å². The number of alkyl halides is 2. The first-order valence-corrected chi connectivity index (χ1v) is 12.9. The number of nitrogens with zero attached hydrogens (tertiary/aromatic N) is 2. The molecule has 0 aliphatic carbocycles. The Balaban J connectivity index is 1.52. The van der Waals surface area contributed by atoms with E-state index in [1.807, 2.05) is 11.8 Å². The fourth-order valence-corrected chi connectivity index (χ4v) is 5.66. The maximum absolute atomic E-state index is 15.7. The average molecular weight is 538 g/mol. The van der Waals surface area contributed by atoms with E-state index in [4.69, 9.17) is 4.74 Å². The van der Waals surface area contributed by atoms with E-state index in [1.54, 1.807) is 11.0 Å². The number of H-pyrrole nitrogens is 1. The molecule has 3 atom stereocenters. The molecule has 0 bridgehead atoms. The molecule has 2 aliphatic heterocycles. The van der Waals surface area contributed by atoms with E-state index < -0.39 is 42.4 Å². The highest BCUT2D eigenvalue weighted by atomic mass is 19.2. The first-order valence-electron chi connectivity index (χ1n) is 12.9. The maximum Gasteiger partial charge on any atom is 0.143 e. The molecule has 5 nitrogen and oxygen atoms in total. The van der Waals surface area contributed by atoms with Gasteiger partial charge in [0.2, 0.25) is 0 Å². The Morgan fingerprint density at radius 1 is 1.13 bits per heavy atom. The standard InChI is InChI=1S/C28H32F5N3O2/c1-16-8-21-20-9-17(30)4-5-24(20)34-26(21)27(36(16)14-28(2,33)15-37)25-22(31)10-18(11-23(25)32)38-19-12-35(13-19)7-3-6-29/h4-5,9-11,16,19,27,34,37H,3,6-8,12-15H2,1-2H3/t16-,27-,28-/m0/s1. The summed E-state index contributed by atoms with van der Waals surface area (Å²) >= 11 is 0. The Morgan fingerprint density at radius 3 is 2.50 bits per heavy atom. The molecule has 3 heterocycles. The quantitative estimate of drug-likeness (QED) is 0.375. The van der Waals surface area contributed by atoms with Crippen LogP contribution in [0.25, 0.3) is 10.9 Å². The molecule has 2 N–H and O–H groups in total. The molecule has 5 rings (SSSR count). The molecule has 3 aromatic rings. The minimum absolute atomic E-state index is 0.0407. The van der Waals surface area contributed by atoms with Crippen LogP contribution < -0.4 is 4.74 Å². The summed E-state index contributed by atoms with van der Waals surface area (Å²) in [5, 5.41) is 10.2. The van der Waals surface area contributed by atoms with Crippen LogP contribution in [0.4, 0.5) is 22.0 Å². The largest absolute Gasteiger partial charge is 0.488 e. The van der Waals surface area contributed by atoms with Gasteiger partial charge >= 0.3 is 0 Å². The molecular formula is C28H32F5N3O2. The van der Waals surface area contributed by atoms with Crippen LogP contribution in [0.5, 0.6) is 5.75 Å². The number of rotatable bonds is 9. The predicted octanol–water partition coefficient (Wildman–Crippen LogP) is 5.06. The van der Waals surface area contributed by atoms with Gasteiger partial charge in [0.05, 0.1) is 19.3 Å². The molecule has 1 fully saturated rings. The highest BCUT2D eigenvalue weighted by Crippen LogP contribution is 2.44. The van der Waals surface area contributed by atoms with Gasteiger partial charge < -0.3 is 14.8 Å². The van der Waals surface area contributed by atoms with Gasteiger partial charge in [-0.25, -0.2) is 17.6 Å². The Hall–Kier alpha value is -2.69. The lowest BCUT2D eigenvalue weighted by atomic mass is 9.87. The van der Waals surface area contributed by atoms with Crippen molar-refractivity contribution in [3.05, 3.63) is 64.6 Å². The van der Waals surface area contributed by atoms with Crippen molar-refractivity contribution < 1.29 is 31.8 Å². The number of aromatic amines is 1. The molecule has 0 spiro atoms. The van der Waals surface area contributed by atoms with Crippen molar-refractivity contribution in [3.8, 4) is 5.75 Å². The minimum atomic E-state index is -2.02. The molecule has 206 valence electrons. The summed E-state index contributed by atoms with van der Waals surface area (Å²) in [6.45, 7) is 3.33. The van der Waals surface area contributed by atoms with Gasteiger partial charge in [-0.05, 0) is 50.5 Å². The van der Waals surface area contributed by atoms with Crippen LogP contribution in [0, 0.1) is 17.5 Å². The number of aromatic nitrogens is 1.